The molecular formula is C29H33NO5. The van der Waals surface area contributed by atoms with Gasteiger partial charge in [-0.3, -0.25) is 0 Å². The second-order valence-electron chi connectivity index (χ2n) is 8.56. The molecule has 3 aromatic carbocycles. The molecule has 35 heavy (non-hydrogen) atoms. The molecule has 2 unspecified atom stereocenters. The third kappa shape index (κ3) is 6.14. The Hall–Kier alpha value is -3.51. The first-order valence-electron chi connectivity index (χ1n) is 12.2. The first-order chi connectivity index (χ1) is 17.1. The average Bonchev–Trinajstić information content (AvgIpc) is 2.88. The molecular weight excluding hydrogens is 442 g/mol. The van der Waals surface area contributed by atoms with Crippen LogP contribution in [0.15, 0.2) is 72.8 Å². The fourth-order valence-electron chi connectivity index (χ4n) is 4.09. The Morgan fingerprint density at radius 3 is 2.14 bits per heavy atom. The minimum atomic E-state index is -0.539. The van der Waals surface area contributed by atoms with Gasteiger partial charge in [0.05, 0.1) is 24.5 Å². The lowest BCUT2D eigenvalue weighted by Crippen LogP contribution is -2.26. The lowest BCUT2D eigenvalue weighted by atomic mass is 9.98. The number of ether oxygens (including phenoxy) is 4. The summed E-state index contributed by atoms with van der Waals surface area (Å²) in [6.45, 7) is 7.78. The summed E-state index contributed by atoms with van der Waals surface area (Å²) in [6, 6.07) is 24.3. The monoisotopic (exact) mass is 475 g/mol. The van der Waals surface area contributed by atoms with Crippen LogP contribution in [0.4, 0.5) is 11.4 Å². The van der Waals surface area contributed by atoms with Crippen molar-refractivity contribution < 1.29 is 23.7 Å². The zero-order valence-corrected chi connectivity index (χ0v) is 20.6. The van der Waals surface area contributed by atoms with Gasteiger partial charge in [-0.1, -0.05) is 43.3 Å². The molecule has 0 saturated carbocycles. The highest BCUT2D eigenvalue weighted by Gasteiger charge is 2.23. The van der Waals surface area contributed by atoms with Crippen molar-refractivity contribution in [2.75, 3.05) is 31.3 Å². The molecule has 184 valence electrons. The van der Waals surface area contributed by atoms with Gasteiger partial charge < -0.3 is 23.8 Å². The Kier molecular flexibility index (Phi) is 8.27. The topological polar surface area (TPSA) is 57.2 Å². The lowest BCUT2D eigenvalue weighted by Gasteiger charge is -2.32. The summed E-state index contributed by atoms with van der Waals surface area (Å²) in [5, 5.41) is 0. The Labute approximate surface area is 207 Å². The van der Waals surface area contributed by atoms with Gasteiger partial charge in [0.25, 0.3) is 0 Å². The predicted molar refractivity (Wildman–Crippen MR) is 137 cm³/mol. The first-order valence-corrected chi connectivity index (χ1v) is 12.2. The minimum Gasteiger partial charge on any atom is -0.492 e. The van der Waals surface area contributed by atoms with Gasteiger partial charge in [-0.05, 0) is 68.1 Å². The second kappa shape index (κ2) is 11.8. The Balaban J connectivity index is 1.28. The molecule has 0 amide bonds. The van der Waals surface area contributed by atoms with E-state index in [1.165, 1.54) is 5.56 Å². The van der Waals surface area contributed by atoms with Crippen LogP contribution in [0.25, 0.3) is 0 Å². The quantitative estimate of drug-likeness (QED) is 0.296. The van der Waals surface area contributed by atoms with Crippen LogP contribution in [0.1, 0.15) is 38.7 Å². The summed E-state index contributed by atoms with van der Waals surface area (Å²) in [6.07, 6.45) is 0.281. The lowest BCUT2D eigenvalue weighted by molar-refractivity contribution is -0.155. The van der Waals surface area contributed by atoms with Gasteiger partial charge >= 0.3 is 5.97 Å². The van der Waals surface area contributed by atoms with E-state index in [1.807, 2.05) is 48.5 Å². The SMILES string of the molecule is CCOC(=O)C(C)OCCC(C)c1ccc(OCCN2c3ccccc3Oc3ccccc32)cc1. The number of para-hydroxylation sites is 4. The largest absolute Gasteiger partial charge is 0.492 e. The second-order valence-corrected chi connectivity index (χ2v) is 8.56. The van der Waals surface area contributed by atoms with Gasteiger partial charge in [-0.2, -0.15) is 0 Å². The van der Waals surface area contributed by atoms with E-state index in [2.05, 4.69) is 36.1 Å². The molecule has 6 nitrogen and oxygen atoms in total. The van der Waals surface area contributed by atoms with Gasteiger partial charge in [-0.25, -0.2) is 4.79 Å². The normalized spacial score (nSPS) is 13.7. The molecule has 6 heteroatoms. The summed E-state index contributed by atoms with van der Waals surface area (Å²) < 4.78 is 22.7. The maximum Gasteiger partial charge on any atom is 0.334 e. The molecule has 0 radical (unpaired) electrons. The standard InChI is InChI=1S/C29H33NO5/c1-4-32-29(31)22(3)33-19-17-21(2)23-13-15-24(16-14-23)34-20-18-30-25-9-5-7-11-27(25)35-28-12-8-6-10-26(28)30/h5-16,21-22H,4,17-20H2,1-3H3. The molecule has 1 aliphatic rings. The van der Waals surface area contributed by atoms with Crippen molar-refractivity contribution in [2.24, 2.45) is 0 Å². The third-order valence-electron chi connectivity index (χ3n) is 6.10. The number of carbonyl (C=O) groups excluding carboxylic acids is 1. The number of benzene rings is 3. The molecule has 1 heterocycles. The summed E-state index contributed by atoms with van der Waals surface area (Å²) in [7, 11) is 0. The summed E-state index contributed by atoms with van der Waals surface area (Å²) >= 11 is 0. The number of esters is 1. The van der Waals surface area contributed by atoms with Gasteiger partial charge in [0, 0.05) is 6.61 Å². The fraction of sp³-hybridized carbons (Fsp3) is 0.345. The molecule has 0 aliphatic carbocycles. The summed E-state index contributed by atoms with van der Waals surface area (Å²) in [5.74, 6) is 2.53. The molecule has 0 spiro atoms. The van der Waals surface area contributed by atoms with Gasteiger partial charge in [-0.15, -0.1) is 0 Å². The van der Waals surface area contributed by atoms with Crippen molar-refractivity contribution in [2.45, 2.75) is 39.2 Å². The van der Waals surface area contributed by atoms with Crippen LogP contribution in [-0.4, -0.2) is 38.4 Å². The molecule has 0 N–H and O–H groups in total. The van der Waals surface area contributed by atoms with E-state index < -0.39 is 6.10 Å². The van der Waals surface area contributed by atoms with Crippen molar-refractivity contribution >= 4 is 17.3 Å². The maximum absolute atomic E-state index is 11.7. The zero-order chi connectivity index (χ0) is 24.6. The number of hydrogen-bond acceptors (Lipinski definition) is 6. The van der Waals surface area contributed by atoms with E-state index in [0.29, 0.717) is 32.3 Å². The predicted octanol–water partition coefficient (Wildman–Crippen LogP) is 6.47. The van der Waals surface area contributed by atoms with E-state index in [4.69, 9.17) is 18.9 Å². The molecule has 0 bridgehead atoms. The number of carbonyl (C=O) groups is 1. The van der Waals surface area contributed by atoms with E-state index in [-0.39, 0.29) is 5.97 Å². The van der Waals surface area contributed by atoms with Crippen molar-refractivity contribution in [3.8, 4) is 17.2 Å². The number of fused-ring (bicyclic) bond motifs is 2. The van der Waals surface area contributed by atoms with Crippen LogP contribution in [-0.2, 0) is 14.3 Å². The zero-order valence-electron chi connectivity index (χ0n) is 20.6. The number of rotatable bonds is 11. The van der Waals surface area contributed by atoms with Crippen LogP contribution >= 0.6 is 0 Å². The maximum atomic E-state index is 11.7. The third-order valence-corrected chi connectivity index (χ3v) is 6.10. The molecule has 3 aromatic rings. The molecule has 2 atom stereocenters. The Morgan fingerprint density at radius 2 is 1.51 bits per heavy atom. The minimum absolute atomic E-state index is 0.305. The Bertz CT molecular complexity index is 1070. The summed E-state index contributed by atoms with van der Waals surface area (Å²) in [5.41, 5.74) is 3.29. The van der Waals surface area contributed by atoms with Crippen LogP contribution in [0.5, 0.6) is 17.2 Å². The first kappa shape index (κ1) is 24.6. The fourth-order valence-corrected chi connectivity index (χ4v) is 4.09. The van der Waals surface area contributed by atoms with E-state index in [0.717, 1.165) is 35.0 Å². The van der Waals surface area contributed by atoms with Crippen LogP contribution in [0.2, 0.25) is 0 Å². The van der Waals surface area contributed by atoms with Crippen molar-refractivity contribution in [1.82, 2.24) is 0 Å². The van der Waals surface area contributed by atoms with Gasteiger partial charge in [0.15, 0.2) is 17.6 Å². The van der Waals surface area contributed by atoms with Gasteiger partial charge in [0.1, 0.15) is 12.4 Å². The number of nitrogens with zero attached hydrogens (tertiary/aromatic N) is 1. The highest BCUT2D eigenvalue weighted by Crippen LogP contribution is 2.45. The van der Waals surface area contributed by atoms with Crippen LogP contribution in [0, 0.1) is 0 Å². The highest BCUT2D eigenvalue weighted by molar-refractivity contribution is 5.77. The van der Waals surface area contributed by atoms with Crippen LogP contribution in [0.3, 0.4) is 0 Å². The molecule has 4 rings (SSSR count). The van der Waals surface area contributed by atoms with E-state index >= 15 is 0 Å². The molecule has 0 aromatic heterocycles. The number of hydrogen-bond donors (Lipinski definition) is 0. The molecule has 0 saturated heterocycles. The average molecular weight is 476 g/mol. The smallest absolute Gasteiger partial charge is 0.334 e. The van der Waals surface area contributed by atoms with Crippen molar-refractivity contribution in [1.29, 1.82) is 0 Å². The Morgan fingerprint density at radius 1 is 0.886 bits per heavy atom. The number of anilines is 2. The summed E-state index contributed by atoms with van der Waals surface area (Å²) in [4.78, 5) is 13.9. The molecule has 1 aliphatic heterocycles. The van der Waals surface area contributed by atoms with Crippen molar-refractivity contribution in [3.63, 3.8) is 0 Å². The highest BCUT2D eigenvalue weighted by atomic mass is 16.6. The van der Waals surface area contributed by atoms with Crippen molar-refractivity contribution in [3.05, 3.63) is 78.4 Å². The van der Waals surface area contributed by atoms with E-state index in [1.54, 1.807) is 13.8 Å². The molecule has 0 fully saturated rings. The van der Waals surface area contributed by atoms with Gasteiger partial charge in [0.2, 0.25) is 0 Å². The van der Waals surface area contributed by atoms with E-state index in [9.17, 15) is 4.79 Å². The van der Waals surface area contributed by atoms with Crippen LogP contribution < -0.4 is 14.4 Å².